The Bertz CT molecular complexity index is 853. The van der Waals surface area contributed by atoms with E-state index in [1.807, 2.05) is 32.9 Å². The largest absolute Gasteiger partial charge is 0.343 e. The van der Waals surface area contributed by atoms with Crippen molar-refractivity contribution in [3.63, 3.8) is 0 Å². The Morgan fingerprint density at radius 2 is 1.73 bits per heavy atom. The molecule has 2 aromatic carbocycles. The molecule has 4 nitrogen and oxygen atoms in total. The van der Waals surface area contributed by atoms with Gasteiger partial charge in [0.15, 0.2) is 0 Å². The molecule has 0 aliphatic heterocycles. The van der Waals surface area contributed by atoms with Gasteiger partial charge in [-0.25, -0.2) is 0 Å². The summed E-state index contributed by atoms with van der Waals surface area (Å²) in [7, 11) is 0. The van der Waals surface area contributed by atoms with E-state index in [4.69, 9.17) is 23.2 Å². The van der Waals surface area contributed by atoms with E-state index >= 15 is 0 Å². The predicted molar refractivity (Wildman–Crippen MR) is 108 cm³/mol. The SMILES string of the molecule is Cc1cc(C)c(NC(=O)CNC(=O)C=Cc2cccc(Cl)c2Cl)c(C)c1. The number of amides is 2. The summed E-state index contributed by atoms with van der Waals surface area (Å²) in [5.74, 6) is -0.684. The van der Waals surface area contributed by atoms with Crippen LogP contribution in [-0.2, 0) is 9.59 Å². The molecule has 0 aliphatic rings. The van der Waals surface area contributed by atoms with Crippen molar-refractivity contribution in [2.45, 2.75) is 20.8 Å². The zero-order valence-corrected chi connectivity index (χ0v) is 16.3. The van der Waals surface area contributed by atoms with Crippen molar-refractivity contribution in [2.24, 2.45) is 0 Å². The van der Waals surface area contributed by atoms with Crippen molar-refractivity contribution in [3.05, 3.63) is 68.7 Å². The van der Waals surface area contributed by atoms with Crippen molar-refractivity contribution in [2.75, 3.05) is 11.9 Å². The van der Waals surface area contributed by atoms with Crippen LogP contribution in [0.2, 0.25) is 10.0 Å². The van der Waals surface area contributed by atoms with Crippen LogP contribution >= 0.6 is 23.2 Å². The Hall–Kier alpha value is -2.30. The molecule has 136 valence electrons. The third-order valence-electron chi connectivity index (χ3n) is 3.76. The van der Waals surface area contributed by atoms with E-state index in [1.54, 1.807) is 24.3 Å². The van der Waals surface area contributed by atoms with E-state index in [-0.39, 0.29) is 12.5 Å². The van der Waals surface area contributed by atoms with Gasteiger partial charge in [-0.05, 0) is 49.6 Å². The molecule has 0 heterocycles. The molecule has 0 atom stereocenters. The summed E-state index contributed by atoms with van der Waals surface area (Å²) in [4.78, 5) is 24.0. The highest BCUT2D eigenvalue weighted by Crippen LogP contribution is 2.26. The second-order valence-corrected chi connectivity index (χ2v) is 6.80. The second kappa shape index (κ2) is 8.88. The van der Waals surface area contributed by atoms with E-state index < -0.39 is 5.91 Å². The molecule has 0 saturated heterocycles. The quantitative estimate of drug-likeness (QED) is 0.727. The van der Waals surface area contributed by atoms with Crippen LogP contribution in [0.4, 0.5) is 5.69 Å². The lowest BCUT2D eigenvalue weighted by Gasteiger charge is -2.13. The molecule has 2 N–H and O–H groups in total. The highest BCUT2D eigenvalue weighted by Gasteiger charge is 2.09. The van der Waals surface area contributed by atoms with E-state index in [9.17, 15) is 9.59 Å². The smallest absolute Gasteiger partial charge is 0.244 e. The van der Waals surface area contributed by atoms with Gasteiger partial charge in [0.1, 0.15) is 0 Å². The Kier molecular flexibility index (Phi) is 6.83. The molecule has 0 fully saturated rings. The van der Waals surface area contributed by atoms with Crippen LogP contribution in [0.25, 0.3) is 6.08 Å². The molecule has 0 spiro atoms. The molecule has 26 heavy (non-hydrogen) atoms. The fourth-order valence-corrected chi connectivity index (χ4v) is 2.97. The van der Waals surface area contributed by atoms with E-state index in [2.05, 4.69) is 10.6 Å². The standard InChI is InChI=1S/C20H20Cl2N2O2/c1-12-9-13(2)20(14(3)10-12)24-18(26)11-23-17(25)8-7-15-5-4-6-16(21)19(15)22/h4-10H,11H2,1-3H3,(H,23,25)(H,24,26). The Balaban J connectivity index is 1.92. The van der Waals surface area contributed by atoms with Crippen molar-refractivity contribution >= 4 is 46.8 Å². The lowest BCUT2D eigenvalue weighted by atomic mass is 10.1. The number of halogens is 2. The maximum Gasteiger partial charge on any atom is 0.244 e. The summed E-state index contributed by atoms with van der Waals surface area (Å²) in [5, 5.41) is 6.17. The lowest BCUT2D eigenvalue weighted by molar-refractivity contribution is -0.121. The number of aryl methyl sites for hydroxylation is 3. The second-order valence-electron chi connectivity index (χ2n) is 6.02. The summed E-state index contributed by atoms with van der Waals surface area (Å²) in [6.07, 6.45) is 2.86. The van der Waals surface area contributed by atoms with Crippen molar-refractivity contribution in [1.29, 1.82) is 0 Å². The first-order valence-electron chi connectivity index (χ1n) is 8.05. The Morgan fingerprint density at radius 3 is 2.38 bits per heavy atom. The average Bonchev–Trinajstić information content (AvgIpc) is 2.57. The summed E-state index contributed by atoms with van der Waals surface area (Å²) < 4.78 is 0. The van der Waals surface area contributed by atoms with Crippen LogP contribution in [0.1, 0.15) is 22.3 Å². The summed E-state index contributed by atoms with van der Waals surface area (Å²) >= 11 is 12.0. The number of hydrogen-bond acceptors (Lipinski definition) is 2. The van der Waals surface area contributed by atoms with Gasteiger partial charge in [0, 0.05) is 11.8 Å². The number of rotatable bonds is 5. The van der Waals surface area contributed by atoms with Gasteiger partial charge >= 0.3 is 0 Å². The maximum atomic E-state index is 12.1. The minimum absolute atomic E-state index is 0.126. The molecule has 0 radical (unpaired) electrons. The third kappa shape index (κ3) is 5.35. The molecule has 0 bridgehead atoms. The molecule has 6 heteroatoms. The highest BCUT2D eigenvalue weighted by atomic mass is 35.5. The van der Waals surface area contributed by atoms with Crippen LogP contribution in [0.3, 0.4) is 0 Å². The maximum absolute atomic E-state index is 12.1. The average molecular weight is 391 g/mol. The molecule has 0 aromatic heterocycles. The van der Waals surface area contributed by atoms with Crippen LogP contribution in [-0.4, -0.2) is 18.4 Å². The monoisotopic (exact) mass is 390 g/mol. The summed E-state index contributed by atoms with van der Waals surface area (Å²) in [5.41, 5.74) is 4.51. The van der Waals surface area contributed by atoms with Gasteiger partial charge in [-0.1, -0.05) is 53.0 Å². The van der Waals surface area contributed by atoms with Gasteiger partial charge in [0.2, 0.25) is 11.8 Å². The van der Waals surface area contributed by atoms with Crippen LogP contribution < -0.4 is 10.6 Å². The molecule has 2 amide bonds. The van der Waals surface area contributed by atoms with Crippen LogP contribution in [0.5, 0.6) is 0 Å². The third-order valence-corrected chi connectivity index (χ3v) is 4.59. The predicted octanol–water partition coefficient (Wildman–Crippen LogP) is 4.69. The zero-order chi connectivity index (χ0) is 19.3. The first-order chi connectivity index (χ1) is 12.3. The van der Waals surface area contributed by atoms with Crippen LogP contribution in [0.15, 0.2) is 36.4 Å². The molecule has 2 rings (SSSR count). The molecular formula is C20H20Cl2N2O2. The minimum atomic E-state index is -0.395. The first kappa shape index (κ1) is 20.0. The molecule has 2 aromatic rings. The Labute approximate surface area is 163 Å². The van der Waals surface area contributed by atoms with E-state index in [0.29, 0.717) is 15.6 Å². The summed E-state index contributed by atoms with van der Waals surface area (Å²) in [6.45, 7) is 5.75. The normalized spacial score (nSPS) is 10.8. The number of hydrogen-bond donors (Lipinski definition) is 2. The highest BCUT2D eigenvalue weighted by molar-refractivity contribution is 6.42. The molecular weight excluding hydrogens is 371 g/mol. The van der Waals surface area contributed by atoms with E-state index in [1.165, 1.54) is 6.08 Å². The van der Waals surface area contributed by atoms with Crippen molar-refractivity contribution in [1.82, 2.24) is 5.32 Å². The minimum Gasteiger partial charge on any atom is -0.343 e. The number of carbonyl (C=O) groups excluding carboxylic acids is 2. The van der Waals surface area contributed by atoms with Crippen molar-refractivity contribution in [3.8, 4) is 0 Å². The first-order valence-corrected chi connectivity index (χ1v) is 8.81. The van der Waals surface area contributed by atoms with Gasteiger partial charge in [0.25, 0.3) is 0 Å². The molecule has 0 saturated carbocycles. The van der Waals surface area contributed by atoms with Gasteiger partial charge in [-0.3, -0.25) is 9.59 Å². The van der Waals surface area contributed by atoms with E-state index in [0.717, 1.165) is 22.4 Å². The van der Waals surface area contributed by atoms with Crippen molar-refractivity contribution < 1.29 is 9.59 Å². The van der Waals surface area contributed by atoms with Crippen LogP contribution in [0, 0.1) is 20.8 Å². The fraction of sp³-hybridized carbons (Fsp3) is 0.200. The molecule has 0 aliphatic carbocycles. The number of anilines is 1. The topological polar surface area (TPSA) is 58.2 Å². The van der Waals surface area contributed by atoms with Gasteiger partial charge in [-0.2, -0.15) is 0 Å². The van der Waals surface area contributed by atoms with Gasteiger partial charge in [-0.15, -0.1) is 0 Å². The number of carbonyl (C=O) groups is 2. The summed E-state index contributed by atoms with van der Waals surface area (Å²) in [6, 6.07) is 9.15. The lowest BCUT2D eigenvalue weighted by Crippen LogP contribution is -2.32. The number of benzene rings is 2. The zero-order valence-electron chi connectivity index (χ0n) is 14.8. The van der Waals surface area contributed by atoms with Gasteiger partial charge in [0.05, 0.1) is 16.6 Å². The molecule has 0 unspecified atom stereocenters. The van der Waals surface area contributed by atoms with Gasteiger partial charge < -0.3 is 10.6 Å². The Morgan fingerprint density at radius 1 is 1.08 bits per heavy atom. The fourth-order valence-electron chi connectivity index (χ4n) is 2.60. The number of nitrogens with one attached hydrogen (secondary N) is 2.